The van der Waals surface area contributed by atoms with Crippen LogP contribution in [-0.2, 0) is 20.1 Å². The van der Waals surface area contributed by atoms with Crippen molar-refractivity contribution in [2.45, 2.75) is 50.9 Å². The summed E-state index contributed by atoms with van der Waals surface area (Å²) in [6.07, 6.45) is 3.87. The van der Waals surface area contributed by atoms with Gasteiger partial charge in [0.05, 0.1) is 0 Å². The van der Waals surface area contributed by atoms with Crippen LogP contribution in [0.1, 0.15) is 37.8 Å². The van der Waals surface area contributed by atoms with Crippen molar-refractivity contribution in [1.82, 2.24) is 9.97 Å². The number of aromatic nitrogens is 2. The summed E-state index contributed by atoms with van der Waals surface area (Å²) < 4.78 is 12.3. The molecule has 6 aromatic rings. The van der Waals surface area contributed by atoms with E-state index in [2.05, 4.69) is 95.8 Å². The van der Waals surface area contributed by atoms with Crippen molar-refractivity contribution in [2.75, 3.05) is 0 Å². The molecule has 0 saturated heterocycles. The molecule has 1 radical (unpaired) electrons. The summed E-state index contributed by atoms with van der Waals surface area (Å²) in [7, 11) is 0. The Morgan fingerprint density at radius 1 is 0.854 bits per heavy atom. The third-order valence-corrected chi connectivity index (χ3v) is 12.8. The molecule has 0 atom stereocenters. The Kier molecular flexibility index (Phi) is 9.56. The minimum Gasteiger partial charge on any atom is -0.305 e. The van der Waals surface area contributed by atoms with E-state index in [9.17, 15) is 0 Å². The summed E-state index contributed by atoms with van der Waals surface area (Å²) in [6, 6.07) is 31.4. The fourth-order valence-corrected chi connectivity index (χ4v) is 9.85. The molecule has 0 saturated carbocycles. The average molecular weight is 795 g/mol. The predicted octanol–water partition coefficient (Wildman–Crippen LogP) is 9.75. The molecule has 0 bridgehead atoms. The van der Waals surface area contributed by atoms with Gasteiger partial charge in [-0.25, -0.2) is 0 Å². The number of fused-ring (bicyclic) bond motifs is 3. The zero-order valence-electron chi connectivity index (χ0n) is 25.7. The first-order chi connectivity index (χ1) is 19.4. The zero-order chi connectivity index (χ0) is 29.4. The van der Waals surface area contributed by atoms with Gasteiger partial charge in [-0.2, -0.15) is 11.3 Å². The van der Waals surface area contributed by atoms with Gasteiger partial charge in [0, 0.05) is 32.4 Å². The Labute approximate surface area is 266 Å². The van der Waals surface area contributed by atoms with E-state index >= 15 is 0 Å². The van der Waals surface area contributed by atoms with Crippen LogP contribution in [0.2, 0.25) is 17.3 Å². The van der Waals surface area contributed by atoms with E-state index in [0.717, 1.165) is 28.1 Å². The first-order valence-corrected chi connectivity index (χ1v) is 21.8. The second-order valence-electron chi connectivity index (χ2n) is 11.5. The molecule has 0 amide bonds. The van der Waals surface area contributed by atoms with E-state index in [-0.39, 0.29) is 20.1 Å². The van der Waals surface area contributed by atoms with Crippen LogP contribution >= 0.6 is 11.3 Å². The molecule has 0 spiro atoms. The van der Waals surface area contributed by atoms with Crippen LogP contribution in [0.3, 0.4) is 0 Å². The molecular formula is C36H36GeIrN2S-2. The Bertz CT molecular complexity index is 1840. The molecule has 0 aliphatic rings. The van der Waals surface area contributed by atoms with Gasteiger partial charge in [0.2, 0.25) is 0 Å². The van der Waals surface area contributed by atoms with Crippen LogP contribution in [-0.4, -0.2) is 23.2 Å². The van der Waals surface area contributed by atoms with E-state index in [1.165, 1.54) is 35.7 Å². The van der Waals surface area contributed by atoms with Crippen LogP contribution in [0, 0.1) is 26.0 Å². The smallest absolute Gasteiger partial charge is 0.0346 e. The molecule has 211 valence electrons. The molecule has 0 unspecified atom stereocenters. The van der Waals surface area contributed by atoms with Gasteiger partial charge in [0.15, 0.2) is 0 Å². The molecular weight excluding hydrogens is 757 g/mol. The van der Waals surface area contributed by atoms with Gasteiger partial charge in [0.25, 0.3) is 0 Å². The van der Waals surface area contributed by atoms with Gasteiger partial charge in [0.1, 0.15) is 0 Å². The molecule has 0 aliphatic heterocycles. The molecule has 6 rings (SSSR count). The van der Waals surface area contributed by atoms with Crippen molar-refractivity contribution in [2.24, 2.45) is 0 Å². The largest absolute Gasteiger partial charge is 0.305 e. The quantitative estimate of drug-likeness (QED) is 0.131. The van der Waals surface area contributed by atoms with E-state index in [4.69, 9.17) is 1.37 Å². The number of hydrogen-bond acceptors (Lipinski definition) is 3. The maximum atomic E-state index is 8.27. The Balaban J connectivity index is 0.000000200. The SMILES string of the molecule is Cc1cc(-c2[c-]cccc2)nc[c]1[Ge]([CH3])([CH3])[CH3].[2H]C(C)(C)c1ccnc(-c2[c-]ccc3c2sc2cc(C)ccc23)c1.[Ir]. The Morgan fingerprint density at radius 2 is 1.66 bits per heavy atom. The van der Waals surface area contributed by atoms with E-state index < -0.39 is 19.2 Å². The first kappa shape index (κ1) is 29.9. The van der Waals surface area contributed by atoms with Crippen molar-refractivity contribution in [3.63, 3.8) is 0 Å². The van der Waals surface area contributed by atoms with E-state index in [1.807, 2.05) is 50.2 Å². The molecule has 5 heteroatoms. The topological polar surface area (TPSA) is 25.8 Å². The third-order valence-electron chi connectivity index (χ3n) is 7.09. The number of rotatable bonds is 4. The fraction of sp³-hybridized carbons (Fsp3) is 0.222. The van der Waals surface area contributed by atoms with Gasteiger partial charge in [-0.3, -0.25) is 0 Å². The predicted molar refractivity (Wildman–Crippen MR) is 176 cm³/mol. The first-order valence-electron chi connectivity index (χ1n) is 14.2. The van der Waals surface area contributed by atoms with Gasteiger partial charge in [-0.05, 0) is 46.3 Å². The summed E-state index contributed by atoms with van der Waals surface area (Å²) in [4.78, 5) is 9.14. The molecule has 3 aromatic heterocycles. The van der Waals surface area contributed by atoms with Crippen LogP contribution in [0.25, 0.3) is 42.7 Å². The van der Waals surface area contributed by atoms with Gasteiger partial charge in [-0.1, -0.05) is 43.0 Å². The Morgan fingerprint density at radius 3 is 2.34 bits per heavy atom. The summed E-state index contributed by atoms with van der Waals surface area (Å²) in [5.74, 6) is 6.57. The zero-order valence-corrected chi connectivity index (χ0v) is 30.0. The number of thiophene rings is 1. The van der Waals surface area contributed by atoms with Gasteiger partial charge >= 0.3 is 106 Å². The van der Waals surface area contributed by atoms with Crippen LogP contribution in [0.15, 0.2) is 85.2 Å². The normalized spacial score (nSPS) is 11.9. The van der Waals surface area contributed by atoms with E-state index in [0.29, 0.717) is 0 Å². The minimum atomic E-state index is -1.77. The minimum absolute atomic E-state index is 0. The second kappa shape index (κ2) is 13.1. The Hall–Kier alpha value is -2.63. The standard InChI is InChI=1S/C21H18NS.C15H18GeN.Ir/c1-13(2)15-9-10-22-19(12-15)18-6-4-5-17-16-8-7-14(3)11-20(16)23-21(17)18;1-12-10-15(13-8-6-5-7-9-13)17-11-14(12)16(2,3)4;/h4-5,7-13H,1-3H3;5-8,10-11H,1-4H3;/q2*-1;/i13D;;. The average Bonchev–Trinajstić information content (AvgIpc) is 3.30. The maximum Gasteiger partial charge on any atom is 0.0346 e. The number of hydrogen-bond donors (Lipinski definition) is 0. The molecule has 0 N–H and O–H groups in total. The van der Waals surface area contributed by atoms with Crippen molar-refractivity contribution >= 4 is 49.2 Å². The summed E-state index contributed by atoms with van der Waals surface area (Å²) >= 11 is 0.0199. The number of aryl methyl sites for hydroxylation is 2. The van der Waals surface area contributed by atoms with Crippen molar-refractivity contribution in [3.8, 4) is 22.5 Å². The summed E-state index contributed by atoms with van der Waals surface area (Å²) in [6.45, 7) is 8.12. The van der Waals surface area contributed by atoms with Gasteiger partial charge < -0.3 is 4.98 Å². The van der Waals surface area contributed by atoms with E-state index in [1.54, 1.807) is 17.5 Å². The van der Waals surface area contributed by atoms with Crippen molar-refractivity contribution < 1.29 is 21.5 Å². The molecule has 2 nitrogen and oxygen atoms in total. The third kappa shape index (κ3) is 7.06. The van der Waals surface area contributed by atoms with Crippen molar-refractivity contribution in [1.29, 1.82) is 0 Å². The summed E-state index contributed by atoms with van der Waals surface area (Å²) in [5, 5.41) is 2.54. The maximum absolute atomic E-state index is 8.27. The van der Waals surface area contributed by atoms with Crippen molar-refractivity contribution in [3.05, 3.63) is 114 Å². The number of pyridine rings is 2. The van der Waals surface area contributed by atoms with Gasteiger partial charge in [-0.15, -0.1) is 23.8 Å². The molecule has 3 aromatic carbocycles. The number of benzene rings is 3. The van der Waals surface area contributed by atoms with Crippen LogP contribution in [0.5, 0.6) is 0 Å². The molecule has 0 fully saturated rings. The summed E-state index contributed by atoms with van der Waals surface area (Å²) in [5.41, 5.74) is 7.63. The van der Waals surface area contributed by atoms with Crippen LogP contribution in [0.4, 0.5) is 0 Å². The molecule has 0 aliphatic carbocycles. The molecule has 3 heterocycles. The van der Waals surface area contributed by atoms with Crippen LogP contribution < -0.4 is 4.40 Å². The monoisotopic (exact) mass is 796 g/mol. The number of nitrogens with zero attached hydrogens (tertiary/aromatic N) is 2. The molecule has 41 heavy (non-hydrogen) atoms. The fourth-order valence-electron chi connectivity index (χ4n) is 4.96. The second-order valence-corrected chi connectivity index (χ2v) is 23.2.